The molecule has 31 heavy (non-hydrogen) atoms. The molecular formula is C22H23N5O3S. The van der Waals surface area contributed by atoms with Crippen LogP contribution in [-0.4, -0.2) is 46.6 Å². The molecule has 8 nitrogen and oxygen atoms in total. The number of nitrogens with one attached hydrogen (secondary N) is 1. The summed E-state index contributed by atoms with van der Waals surface area (Å²) in [5.74, 6) is 2.42. The maximum Gasteiger partial charge on any atom is 0.213 e. The molecule has 3 heterocycles. The van der Waals surface area contributed by atoms with Crippen molar-refractivity contribution < 1.29 is 14.2 Å². The van der Waals surface area contributed by atoms with Crippen LogP contribution in [0.4, 0.5) is 5.69 Å². The summed E-state index contributed by atoms with van der Waals surface area (Å²) in [6, 6.07) is 13.3. The Morgan fingerprint density at radius 2 is 1.77 bits per heavy atom. The van der Waals surface area contributed by atoms with Gasteiger partial charge in [0.25, 0.3) is 0 Å². The molecule has 0 aliphatic heterocycles. The Morgan fingerprint density at radius 1 is 1.03 bits per heavy atom. The third-order valence-corrected chi connectivity index (χ3v) is 5.04. The number of fused-ring (bicyclic) bond motifs is 1. The van der Waals surface area contributed by atoms with Crippen LogP contribution in [0.5, 0.6) is 17.4 Å². The van der Waals surface area contributed by atoms with Crippen LogP contribution in [0.1, 0.15) is 6.92 Å². The van der Waals surface area contributed by atoms with Crippen LogP contribution in [-0.2, 0) is 0 Å². The summed E-state index contributed by atoms with van der Waals surface area (Å²) in [7, 11) is 3.26. The number of benzene rings is 1. The number of imidazole rings is 1. The molecule has 0 amide bonds. The molecule has 9 heteroatoms. The van der Waals surface area contributed by atoms with Crippen LogP contribution in [0, 0.1) is 0 Å². The zero-order valence-corrected chi connectivity index (χ0v) is 18.6. The fourth-order valence-corrected chi connectivity index (χ4v) is 3.70. The molecular weight excluding hydrogens is 414 g/mol. The van der Waals surface area contributed by atoms with E-state index in [9.17, 15) is 0 Å². The van der Waals surface area contributed by atoms with Crippen molar-refractivity contribution in [1.82, 2.24) is 19.5 Å². The van der Waals surface area contributed by atoms with E-state index in [1.54, 1.807) is 20.4 Å². The standard InChI is InChI=1S/C22H23N5O3S/c1-5-30-19-11-6-8-15(24-19)22-25-21-16(12-14(13-23-21)26-31-4)27(22)20-17(28-2)9-7-10-18(20)29-3/h6-13,26H,5H2,1-4H3. The number of para-hydroxylation sites is 1. The number of pyridine rings is 2. The summed E-state index contributed by atoms with van der Waals surface area (Å²) in [6.07, 6.45) is 3.71. The van der Waals surface area contributed by atoms with Crippen LogP contribution >= 0.6 is 11.9 Å². The summed E-state index contributed by atoms with van der Waals surface area (Å²) in [4.78, 5) is 14.0. The number of methoxy groups -OCH3 is 2. The van der Waals surface area contributed by atoms with Crippen LogP contribution in [0.2, 0.25) is 0 Å². The van der Waals surface area contributed by atoms with Crippen molar-refractivity contribution in [2.75, 3.05) is 31.8 Å². The molecule has 0 aliphatic rings. The lowest BCUT2D eigenvalue weighted by Crippen LogP contribution is -2.05. The van der Waals surface area contributed by atoms with Crippen molar-refractivity contribution in [1.29, 1.82) is 0 Å². The van der Waals surface area contributed by atoms with E-state index in [0.717, 1.165) is 16.9 Å². The first-order valence-electron chi connectivity index (χ1n) is 9.69. The van der Waals surface area contributed by atoms with E-state index in [1.165, 1.54) is 11.9 Å². The molecule has 0 unspecified atom stereocenters. The third-order valence-electron chi connectivity index (χ3n) is 4.60. The maximum absolute atomic E-state index is 5.68. The van der Waals surface area contributed by atoms with Crippen molar-refractivity contribution in [2.24, 2.45) is 0 Å². The van der Waals surface area contributed by atoms with Gasteiger partial charge in [0.05, 0.1) is 38.2 Å². The average Bonchev–Trinajstić information content (AvgIpc) is 3.17. The van der Waals surface area contributed by atoms with Crippen LogP contribution < -0.4 is 18.9 Å². The fraction of sp³-hybridized carbons (Fsp3) is 0.227. The third kappa shape index (κ3) is 3.96. The van der Waals surface area contributed by atoms with E-state index >= 15 is 0 Å². The van der Waals surface area contributed by atoms with E-state index in [4.69, 9.17) is 19.2 Å². The fourth-order valence-electron chi connectivity index (χ4n) is 3.35. The summed E-state index contributed by atoms with van der Waals surface area (Å²) in [5, 5.41) is 0. The van der Waals surface area contributed by atoms with E-state index in [0.29, 0.717) is 41.2 Å². The second kappa shape index (κ2) is 9.13. The molecule has 4 rings (SSSR count). The second-order valence-electron chi connectivity index (χ2n) is 6.45. The summed E-state index contributed by atoms with van der Waals surface area (Å²) in [6.45, 7) is 2.45. The lowest BCUT2D eigenvalue weighted by Gasteiger charge is -2.17. The van der Waals surface area contributed by atoms with Gasteiger partial charge in [0, 0.05) is 12.3 Å². The van der Waals surface area contributed by atoms with Crippen LogP contribution in [0.25, 0.3) is 28.4 Å². The predicted molar refractivity (Wildman–Crippen MR) is 124 cm³/mol. The Bertz CT molecular complexity index is 1190. The minimum atomic E-state index is 0.526. The summed E-state index contributed by atoms with van der Waals surface area (Å²) >= 11 is 1.49. The van der Waals surface area contributed by atoms with Crippen LogP contribution in [0.3, 0.4) is 0 Å². The number of hydrogen-bond acceptors (Lipinski definition) is 8. The van der Waals surface area contributed by atoms with Crippen molar-refractivity contribution in [3.05, 3.63) is 48.7 Å². The average molecular weight is 438 g/mol. The Balaban J connectivity index is 2.05. The van der Waals surface area contributed by atoms with Gasteiger partial charge >= 0.3 is 0 Å². The first kappa shape index (κ1) is 20.8. The Labute approximate surface area is 184 Å². The van der Waals surface area contributed by atoms with E-state index in [-0.39, 0.29) is 0 Å². The van der Waals surface area contributed by atoms with E-state index < -0.39 is 0 Å². The van der Waals surface area contributed by atoms with E-state index in [1.807, 2.05) is 60.2 Å². The van der Waals surface area contributed by atoms with Gasteiger partial charge in [-0.1, -0.05) is 24.1 Å². The van der Waals surface area contributed by atoms with Crippen LogP contribution in [0.15, 0.2) is 48.7 Å². The molecule has 1 aromatic carbocycles. The predicted octanol–water partition coefficient (Wildman–Crippen LogP) is 4.59. The topological polar surface area (TPSA) is 83.3 Å². The Hall–Kier alpha value is -3.46. The van der Waals surface area contributed by atoms with Gasteiger partial charge in [-0.25, -0.2) is 15.0 Å². The smallest absolute Gasteiger partial charge is 0.213 e. The maximum atomic E-state index is 5.68. The van der Waals surface area contributed by atoms with Gasteiger partial charge in [0.1, 0.15) is 22.9 Å². The molecule has 160 valence electrons. The minimum absolute atomic E-state index is 0.526. The summed E-state index contributed by atoms with van der Waals surface area (Å²) < 4.78 is 22.1. The minimum Gasteiger partial charge on any atom is -0.494 e. The second-order valence-corrected chi connectivity index (χ2v) is 7.06. The first-order chi connectivity index (χ1) is 15.2. The zero-order valence-electron chi connectivity index (χ0n) is 17.7. The molecule has 0 bridgehead atoms. The van der Waals surface area contributed by atoms with Gasteiger partial charge in [-0.3, -0.25) is 4.57 Å². The molecule has 3 aromatic heterocycles. The number of rotatable bonds is 8. The normalized spacial score (nSPS) is 10.8. The number of hydrogen-bond donors (Lipinski definition) is 1. The molecule has 0 atom stereocenters. The largest absolute Gasteiger partial charge is 0.494 e. The Kier molecular flexibility index (Phi) is 6.13. The van der Waals surface area contributed by atoms with Crippen molar-refractivity contribution >= 4 is 28.8 Å². The lowest BCUT2D eigenvalue weighted by atomic mass is 10.2. The zero-order chi connectivity index (χ0) is 21.8. The number of anilines is 1. The highest BCUT2D eigenvalue weighted by Crippen LogP contribution is 2.38. The number of nitrogens with zero attached hydrogens (tertiary/aromatic N) is 4. The van der Waals surface area contributed by atoms with Crippen molar-refractivity contribution in [2.45, 2.75) is 6.92 Å². The lowest BCUT2D eigenvalue weighted by molar-refractivity contribution is 0.327. The highest BCUT2D eigenvalue weighted by Gasteiger charge is 2.22. The number of ether oxygens (including phenoxy) is 3. The summed E-state index contributed by atoms with van der Waals surface area (Å²) in [5.41, 5.74) is 3.60. The highest BCUT2D eigenvalue weighted by molar-refractivity contribution is 7.99. The van der Waals surface area contributed by atoms with E-state index in [2.05, 4.69) is 14.7 Å². The van der Waals surface area contributed by atoms with Gasteiger partial charge < -0.3 is 18.9 Å². The quantitative estimate of drug-likeness (QED) is 0.401. The van der Waals surface area contributed by atoms with Gasteiger partial charge in [0.2, 0.25) is 5.88 Å². The van der Waals surface area contributed by atoms with Crippen molar-refractivity contribution in [3.8, 4) is 34.6 Å². The van der Waals surface area contributed by atoms with Crippen molar-refractivity contribution in [3.63, 3.8) is 0 Å². The Morgan fingerprint density at radius 3 is 2.45 bits per heavy atom. The molecule has 0 saturated carbocycles. The SMILES string of the molecule is CCOc1cccc(-c2nc3ncc(NSC)cc3n2-c2c(OC)cccc2OC)n1. The molecule has 0 fully saturated rings. The molecule has 1 N–H and O–H groups in total. The number of aromatic nitrogens is 4. The monoisotopic (exact) mass is 437 g/mol. The molecule has 0 saturated heterocycles. The molecule has 0 spiro atoms. The molecule has 0 radical (unpaired) electrons. The first-order valence-corrected chi connectivity index (χ1v) is 10.9. The molecule has 0 aliphatic carbocycles. The highest BCUT2D eigenvalue weighted by atomic mass is 32.2. The van der Waals surface area contributed by atoms with Gasteiger partial charge in [-0.05, 0) is 31.2 Å². The molecule has 4 aromatic rings. The van der Waals surface area contributed by atoms with Gasteiger partial charge in [-0.15, -0.1) is 0 Å². The van der Waals surface area contributed by atoms with Gasteiger partial charge in [-0.2, -0.15) is 0 Å². The van der Waals surface area contributed by atoms with Gasteiger partial charge in [0.15, 0.2) is 11.5 Å².